The van der Waals surface area contributed by atoms with Gasteiger partial charge in [-0.1, -0.05) is 11.6 Å². The van der Waals surface area contributed by atoms with Crippen molar-refractivity contribution < 1.29 is 14.6 Å². The molecule has 90 valence electrons. The number of carbonyl (C=O) groups is 1. The lowest BCUT2D eigenvalue weighted by Crippen LogP contribution is -2.06. The molecule has 0 atom stereocenters. The molecule has 0 saturated heterocycles. The summed E-state index contributed by atoms with van der Waals surface area (Å²) in [6.45, 7) is 2.14. The molecule has 0 aliphatic rings. The van der Waals surface area contributed by atoms with Gasteiger partial charge in [0, 0.05) is 10.1 Å². The minimum absolute atomic E-state index is 0.132. The Morgan fingerprint density at radius 1 is 1.53 bits per heavy atom. The van der Waals surface area contributed by atoms with E-state index >= 15 is 0 Å². The Balaban J connectivity index is 2.39. The summed E-state index contributed by atoms with van der Waals surface area (Å²) in [5.41, 5.74) is 0.841. The molecule has 0 amide bonds. The third-order valence-electron chi connectivity index (χ3n) is 2.33. The summed E-state index contributed by atoms with van der Waals surface area (Å²) in [6.07, 6.45) is 0.207. The van der Waals surface area contributed by atoms with Crippen LogP contribution in [0.1, 0.15) is 12.5 Å². The highest BCUT2D eigenvalue weighted by Crippen LogP contribution is 2.35. The van der Waals surface area contributed by atoms with Crippen molar-refractivity contribution in [3.8, 4) is 5.75 Å². The summed E-state index contributed by atoms with van der Waals surface area (Å²) in [7, 11) is 0. The lowest BCUT2D eigenvalue weighted by molar-refractivity contribution is -0.142. The standard InChI is InChI=1S/C12H11ClO3S/c1-2-16-11(15)3-7-6-17-10-5-8(14)4-9(13)12(7)10/h4-6,14H,2-3H2,1H3. The van der Waals surface area contributed by atoms with Gasteiger partial charge in [-0.25, -0.2) is 0 Å². The number of hydrogen-bond acceptors (Lipinski definition) is 4. The second-order valence-electron chi connectivity index (χ2n) is 3.54. The van der Waals surface area contributed by atoms with Gasteiger partial charge < -0.3 is 9.84 Å². The van der Waals surface area contributed by atoms with Crippen molar-refractivity contribution in [1.29, 1.82) is 0 Å². The van der Waals surface area contributed by atoms with E-state index in [-0.39, 0.29) is 18.1 Å². The smallest absolute Gasteiger partial charge is 0.310 e. The third kappa shape index (κ3) is 2.53. The Morgan fingerprint density at radius 3 is 3.00 bits per heavy atom. The number of phenols is 1. The fourth-order valence-corrected chi connectivity index (χ4v) is 3.07. The van der Waals surface area contributed by atoms with Crippen LogP contribution in [0.2, 0.25) is 5.02 Å². The zero-order valence-corrected chi connectivity index (χ0v) is 10.8. The second kappa shape index (κ2) is 4.94. The molecule has 0 fully saturated rings. The maximum atomic E-state index is 11.4. The first-order chi connectivity index (χ1) is 8.11. The molecule has 0 aliphatic heterocycles. The molecule has 0 spiro atoms. The van der Waals surface area contributed by atoms with E-state index in [4.69, 9.17) is 16.3 Å². The summed E-state index contributed by atoms with van der Waals surface area (Å²) in [5, 5.41) is 12.6. The molecule has 1 aromatic carbocycles. The average Bonchev–Trinajstić information content (AvgIpc) is 2.61. The Morgan fingerprint density at radius 2 is 2.29 bits per heavy atom. The van der Waals surface area contributed by atoms with Crippen LogP contribution in [0.5, 0.6) is 5.75 Å². The fourth-order valence-electron chi connectivity index (χ4n) is 1.66. The number of rotatable bonds is 3. The summed E-state index contributed by atoms with van der Waals surface area (Å²) in [5.74, 6) is -0.136. The van der Waals surface area contributed by atoms with Crippen LogP contribution in [-0.2, 0) is 16.0 Å². The molecular formula is C12H11ClO3S. The van der Waals surface area contributed by atoms with Gasteiger partial charge in [0.15, 0.2) is 0 Å². The van der Waals surface area contributed by atoms with Crippen LogP contribution in [-0.4, -0.2) is 17.7 Å². The van der Waals surface area contributed by atoms with Crippen molar-refractivity contribution in [1.82, 2.24) is 0 Å². The first-order valence-electron chi connectivity index (χ1n) is 5.16. The number of halogens is 1. The third-order valence-corrected chi connectivity index (χ3v) is 3.60. The molecule has 0 saturated carbocycles. The van der Waals surface area contributed by atoms with Gasteiger partial charge in [-0.15, -0.1) is 11.3 Å². The summed E-state index contributed by atoms with van der Waals surface area (Å²) in [4.78, 5) is 11.4. The summed E-state index contributed by atoms with van der Waals surface area (Å²) < 4.78 is 5.77. The lowest BCUT2D eigenvalue weighted by atomic mass is 10.1. The number of aromatic hydroxyl groups is 1. The molecule has 17 heavy (non-hydrogen) atoms. The molecule has 5 heteroatoms. The molecule has 0 unspecified atom stereocenters. The second-order valence-corrected chi connectivity index (χ2v) is 4.86. The molecular weight excluding hydrogens is 260 g/mol. The zero-order valence-electron chi connectivity index (χ0n) is 9.20. The zero-order chi connectivity index (χ0) is 12.4. The molecule has 2 aromatic rings. The first kappa shape index (κ1) is 12.2. The SMILES string of the molecule is CCOC(=O)Cc1csc2cc(O)cc(Cl)c12. The van der Waals surface area contributed by atoms with E-state index in [0.717, 1.165) is 15.6 Å². The summed E-state index contributed by atoms with van der Waals surface area (Å²) in [6, 6.07) is 3.12. The lowest BCUT2D eigenvalue weighted by Gasteiger charge is -2.02. The Labute approximate surface area is 108 Å². The number of fused-ring (bicyclic) bond motifs is 1. The van der Waals surface area contributed by atoms with Gasteiger partial charge in [0.1, 0.15) is 5.75 Å². The minimum Gasteiger partial charge on any atom is -0.508 e. The maximum absolute atomic E-state index is 11.4. The number of esters is 1. The van der Waals surface area contributed by atoms with Crippen molar-refractivity contribution >= 4 is 39.0 Å². The normalized spacial score (nSPS) is 10.7. The van der Waals surface area contributed by atoms with Gasteiger partial charge in [0.2, 0.25) is 0 Å². The van der Waals surface area contributed by atoms with E-state index in [0.29, 0.717) is 11.6 Å². The van der Waals surface area contributed by atoms with Crippen LogP contribution in [0.15, 0.2) is 17.5 Å². The fraction of sp³-hybridized carbons (Fsp3) is 0.250. The summed E-state index contributed by atoms with van der Waals surface area (Å²) >= 11 is 7.51. The van der Waals surface area contributed by atoms with E-state index in [1.54, 1.807) is 13.0 Å². The molecule has 0 bridgehead atoms. The molecule has 0 radical (unpaired) electrons. The van der Waals surface area contributed by atoms with Crippen LogP contribution in [0.4, 0.5) is 0 Å². The van der Waals surface area contributed by atoms with Crippen molar-refractivity contribution in [2.75, 3.05) is 6.61 Å². The maximum Gasteiger partial charge on any atom is 0.310 e. The van der Waals surface area contributed by atoms with Gasteiger partial charge in [-0.3, -0.25) is 4.79 Å². The molecule has 3 nitrogen and oxygen atoms in total. The highest BCUT2D eigenvalue weighted by atomic mass is 35.5. The van der Waals surface area contributed by atoms with E-state index < -0.39 is 0 Å². The highest BCUT2D eigenvalue weighted by Gasteiger charge is 2.13. The molecule has 2 rings (SSSR count). The molecule has 1 heterocycles. The van der Waals surface area contributed by atoms with Crippen LogP contribution in [0, 0.1) is 0 Å². The topological polar surface area (TPSA) is 46.5 Å². The first-order valence-corrected chi connectivity index (χ1v) is 6.41. The van der Waals surface area contributed by atoms with Crippen molar-refractivity contribution in [2.45, 2.75) is 13.3 Å². The van der Waals surface area contributed by atoms with E-state index in [1.165, 1.54) is 17.4 Å². The van der Waals surface area contributed by atoms with Crippen molar-refractivity contribution in [2.24, 2.45) is 0 Å². The Bertz CT molecular complexity index is 562. The number of thiophene rings is 1. The van der Waals surface area contributed by atoms with Gasteiger partial charge in [-0.2, -0.15) is 0 Å². The number of hydrogen-bond donors (Lipinski definition) is 1. The van der Waals surface area contributed by atoms with Crippen LogP contribution >= 0.6 is 22.9 Å². The van der Waals surface area contributed by atoms with Crippen LogP contribution < -0.4 is 0 Å². The number of ether oxygens (including phenoxy) is 1. The molecule has 1 aromatic heterocycles. The highest BCUT2D eigenvalue weighted by molar-refractivity contribution is 7.17. The van der Waals surface area contributed by atoms with Gasteiger partial charge in [-0.05, 0) is 30.0 Å². The number of phenolic OH excluding ortho intramolecular Hbond substituents is 1. The van der Waals surface area contributed by atoms with Crippen LogP contribution in [0.3, 0.4) is 0 Å². The minimum atomic E-state index is -0.267. The average molecular weight is 271 g/mol. The Hall–Kier alpha value is -1.26. The van der Waals surface area contributed by atoms with Gasteiger partial charge in [0.05, 0.1) is 18.1 Å². The van der Waals surface area contributed by atoms with E-state index in [9.17, 15) is 9.90 Å². The monoisotopic (exact) mass is 270 g/mol. The largest absolute Gasteiger partial charge is 0.508 e. The van der Waals surface area contributed by atoms with E-state index in [1.807, 2.05) is 5.38 Å². The molecule has 0 aliphatic carbocycles. The number of benzene rings is 1. The van der Waals surface area contributed by atoms with Crippen LogP contribution in [0.25, 0.3) is 10.1 Å². The van der Waals surface area contributed by atoms with Gasteiger partial charge >= 0.3 is 5.97 Å². The van der Waals surface area contributed by atoms with E-state index in [2.05, 4.69) is 0 Å². The number of carbonyl (C=O) groups excluding carboxylic acids is 1. The predicted octanol–water partition coefficient (Wildman–Crippen LogP) is 3.37. The predicted molar refractivity (Wildman–Crippen MR) is 68.8 cm³/mol. The molecule has 1 N–H and O–H groups in total. The Kier molecular flexibility index (Phi) is 3.54. The van der Waals surface area contributed by atoms with Crippen molar-refractivity contribution in [3.63, 3.8) is 0 Å². The quantitative estimate of drug-likeness (QED) is 0.870. The van der Waals surface area contributed by atoms with Crippen molar-refractivity contribution in [3.05, 3.63) is 28.1 Å². The van der Waals surface area contributed by atoms with Gasteiger partial charge in [0.25, 0.3) is 0 Å².